The molecule has 1 fully saturated rings. The number of amides is 1. The van der Waals surface area contributed by atoms with Crippen LogP contribution in [0.3, 0.4) is 0 Å². The predicted octanol–water partition coefficient (Wildman–Crippen LogP) is 0.116. The number of Topliss-reactive ketones (excluding diaryl/α,β-unsaturated/α-hetero) is 1. The molecular formula is C13H16N4O6S. The summed E-state index contributed by atoms with van der Waals surface area (Å²) < 4.78 is 0. The number of thiazole rings is 1. The summed E-state index contributed by atoms with van der Waals surface area (Å²) in [7, 11) is 0. The number of aliphatic carboxylic acids is 1. The Morgan fingerprint density at radius 2 is 2.21 bits per heavy atom. The quantitative estimate of drug-likeness (QED) is 0.269. The van der Waals surface area contributed by atoms with Gasteiger partial charge in [-0.1, -0.05) is 5.16 Å². The first kappa shape index (κ1) is 17.8. The van der Waals surface area contributed by atoms with Crippen LogP contribution in [0.15, 0.2) is 10.5 Å². The fourth-order valence-corrected chi connectivity index (χ4v) is 2.77. The second-order valence-corrected chi connectivity index (χ2v) is 6.55. The molecule has 0 bridgehead atoms. The second kappa shape index (κ2) is 6.53. The summed E-state index contributed by atoms with van der Waals surface area (Å²) in [6, 6.07) is 0. The number of hydroxylamine groups is 2. The van der Waals surface area contributed by atoms with E-state index in [1.807, 2.05) is 0 Å². The largest absolute Gasteiger partial charge is 0.479 e. The van der Waals surface area contributed by atoms with E-state index in [2.05, 4.69) is 15.0 Å². The van der Waals surface area contributed by atoms with Crippen LogP contribution >= 0.6 is 11.3 Å². The van der Waals surface area contributed by atoms with Gasteiger partial charge in [0.05, 0.1) is 11.5 Å². The monoisotopic (exact) mass is 356 g/mol. The molecule has 130 valence electrons. The number of hydrogen-bond acceptors (Lipinski definition) is 9. The molecule has 1 aliphatic rings. The highest BCUT2D eigenvalue weighted by molar-refractivity contribution is 7.13. The summed E-state index contributed by atoms with van der Waals surface area (Å²) in [5.41, 5.74) is 4.56. The van der Waals surface area contributed by atoms with Crippen molar-refractivity contribution in [3.8, 4) is 0 Å². The molecule has 0 spiro atoms. The predicted molar refractivity (Wildman–Crippen MR) is 82.5 cm³/mol. The number of carboxylic acid groups (broad SMARTS) is 1. The lowest BCUT2D eigenvalue weighted by atomic mass is 9.74. The zero-order valence-electron chi connectivity index (χ0n) is 12.9. The number of aromatic nitrogens is 1. The molecule has 1 saturated heterocycles. The SMILES string of the molecule is CC1(C)C(CC(=O)/C(=N\OCC(=O)O)c2csc(N)n2)C(=O)N1O. The van der Waals surface area contributed by atoms with Crippen LogP contribution in [0.5, 0.6) is 0 Å². The molecular weight excluding hydrogens is 340 g/mol. The van der Waals surface area contributed by atoms with Crippen molar-refractivity contribution >= 4 is 39.8 Å². The van der Waals surface area contributed by atoms with Gasteiger partial charge in [-0.25, -0.2) is 14.8 Å². The number of anilines is 1. The normalized spacial score (nSPS) is 19.8. The van der Waals surface area contributed by atoms with Gasteiger partial charge in [0.1, 0.15) is 5.69 Å². The van der Waals surface area contributed by atoms with Gasteiger partial charge in [-0.3, -0.25) is 14.8 Å². The third-order valence-electron chi connectivity index (χ3n) is 3.67. The summed E-state index contributed by atoms with van der Waals surface area (Å²) in [6.45, 7) is 2.50. The lowest BCUT2D eigenvalue weighted by molar-refractivity contribution is -0.242. The smallest absolute Gasteiger partial charge is 0.344 e. The molecule has 0 radical (unpaired) electrons. The first-order chi connectivity index (χ1) is 11.1. The van der Waals surface area contributed by atoms with Gasteiger partial charge in [-0.15, -0.1) is 11.3 Å². The van der Waals surface area contributed by atoms with E-state index in [9.17, 15) is 19.6 Å². The number of nitrogens with zero attached hydrogens (tertiary/aromatic N) is 3. The lowest BCUT2D eigenvalue weighted by Gasteiger charge is -2.49. The zero-order chi connectivity index (χ0) is 18.1. The number of oxime groups is 1. The van der Waals surface area contributed by atoms with Crippen LogP contribution in [0.1, 0.15) is 26.0 Å². The Morgan fingerprint density at radius 3 is 2.71 bits per heavy atom. The molecule has 1 aliphatic heterocycles. The van der Waals surface area contributed by atoms with Crippen molar-refractivity contribution in [3.63, 3.8) is 0 Å². The highest BCUT2D eigenvalue weighted by Gasteiger charge is 2.54. The van der Waals surface area contributed by atoms with Gasteiger partial charge in [-0.2, -0.15) is 0 Å². The number of β-lactam (4-membered cyclic amide) rings is 1. The van der Waals surface area contributed by atoms with E-state index in [-0.39, 0.29) is 23.0 Å². The average molecular weight is 356 g/mol. The minimum Gasteiger partial charge on any atom is -0.479 e. The summed E-state index contributed by atoms with van der Waals surface area (Å²) in [6.07, 6.45) is -0.227. The van der Waals surface area contributed by atoms with Gasteiger partial charge in [-0.05, 0) is 13.8 Å². The van der Waals surface area contributed by atoms with Crippen molar-refractivity contribution in [3.05, 3.63) is 11.1 Å². The highest BCUT2D eigenvalue weighted by Crippen LogP contribution is 2.38. The molecule has 1 amide bonds. The second-order valence-electron chi connectivity index (χ2n) is 5.66. The van der Waals surface area contributed by atoms with Crippen LogP contribution in [-0.4, -0.2) is 55.9 Å². The Kier molecular flexibility index (Phi) is 4.85. The van der Waals surface area contributed by atoms with E-state index in [0.717, 1.165) is 11.3 Å². The Balaban J connectivity index is 2.19. The minimum atomic E-state index is -1.26. The molecule has 2 heterocycles. The van der Waals surface area contributed by atoms with E-state index >= 15 is 0 Å². The third-order valence-corrected chi connectivity index (χ3v) is 4.34. The minimum absolute atomic E-state index is 0.137. The van der Waals surface area contributed by atoms with E-state index < -0.39 is 35.7 Å². The molecule has 0 aromatic carbocycles. The lowest BCUT2D eigenvalue weighted by Crippen LogP contribution is -2.66. The number of nitrogens with two attached hydrogens (primary N) is 1. The van der Waals surface area contributed by atoms with Gasteiger partial charge in [0.2, 0.25) is 6.61 Å². The van der Waals surface area contributed by atoms with Crippen LogP contribution in [-0.2, 0) is 19.2 Å². The molecule has 1 aromatic heterocycles. The molecule has 1 unspecified atom stereocenters. The highest BCUT2D eigenvalue weighted by atomic mass is 32.1. The summed E-state index contributed by atoms with van der Waals surface area (Å²) in [5, 5.41) is 23.9. The standard InChI is InChI=1S/C13H16N4O6S/c1-13(2)6(11(21)17(13)22)3-8(18)10(16-23-4-9(19)20)7-5-24-12(14)15-7/h5-6,22H,3-4H2,1-2H3,(H2,14,15)(H,19,20)/b16-10-. The molecule has 4 N–H and O–H groups in total. The summed E-state index contributed by atoms with van der Waals surface area (Å²) in [4.78, 5) is 43.2. The maximum Gasteiger partial charge on any atom is 0.344 e. The van der Waals surface area contributed by atoms with Crippen molar-refractivity contribution in [2.24, 2.45) is 11.1 Å². The van der Waals surface area contributed by atoms with Crippen LogP contribution in [0.2, 0.25) is 0 Å². The Bertz CT molecular complexity index is 713. The van der Waals surface area contributed by atoms with Crippen molar-refractivity contribution in [2.45, 2.75) is 25.8 Å². The fraction of sp³-hybridized carbons (Fsp3) is 0.462. The Hall–Kier alpha value is -2.53. The van der Waals surface area contributed by atoms with Gasteiger partial charge in [0.15, 0.2) is 16.6 Å². The number of carbonyl (C=O) groups is 3. The average Bonchev–Trinajstić information content (AvgIpc) is 2.93. The van der Waals surface area contributed by atoms with Gasteiger partial charge in [0, 0.05) is 11.8 Å². The number of carboxylic acids is 1. The van der Waals surface area contributed by atoms with Crippen molar-refractivity contribution in [2.75, 3.05) is 12.3 Å². The van der Waals surface area contributed by atoms with E-state index in [1.54, 1.807) is 13.8 Å². The fourth-order valence-electron chi connectivity index (χ4n) is 2.22. The maximum atomic E-state index is 12.5. The van der Waals surface area contributed by atoms with Crippen LogP contribution in [0.25, 0.3) is 0 Å². The first-order valence-electron chi connectivity index (χ1n) is 6.84. The van der Waals surface area contributed by atoms with Crippen LogP contribution in [0.4, 0.5) is 5.13 Å². The van der Waals surface area contributed by atoms with Crippen molar-refractivity contribution < 1.29 is 29.5 Å². The molecule has 10 nitrogen and oxygen atoms in total. The van der Waals surface area contributed by atoms with E-state index in [1.165, 1.54) is 5.38 Å². The van der Waals surface area contributed by atoms with Crippen molar-refractivity contribution in [1.82, 2.24) is 10.0 Å². The van der Waals surface area contributed by atoms with Crippen LogP contribution in [0, 0.1) is 5.92 Å². The Morgan fingerprint density at radius 1 is 1.54 bits per heavy atom. The molecule has 24 heavy (non-hydrogen) atoms. The molecule has 0 saturated carbocycles. The zero-order valence-corrected chi connectivity index (χ0v) is 13.7. The van der Waals surface area contributed by atoms with Crippen LogP contribution < -0.4 is 5.73 Å². The number of nitrogen functional groups attached to an aromatic ring is 1. The number of carbonyl (C=O) groups excluding carboxylic acids is 2. The molecule has 11 heteroatoms. The summed E-state index contributed by atoms with van der Waals surface area (Å²) >= 11 is 1.08. The van der Waals surface area contributed by atoms with E-state index in [0.29, 0.717) is 5.06 Å². The Labute approximate surface area is 140 Å². The van der Waals surface area contributed by atoms with Crippen molar-refractivity contribution in [1.29, 1.82) is 0 Å². The van der Waals surface area contributed by atoms with E-state index in [4.69, 9.17) is 10.8 Å². The first-order valence-corrected chi connectivity index (χ1v) is 7.71. The third kappa shape index (κ3) is 3.36. The van der Waals surface area contributed by atoms with Gasteiger partial charge >= 0.3 is 5.97 Å². The topological polar surface area (TPSA) is 155 Å². The molecule has 1 atom stereocenters. The molecule has 1 aromatic rings. The molecule has 2 rings (SSSR count). The molecule has 0 aliphatic carbocycles. The summed E-state index contributed by atoms with van der Waals surface area (Å²) in [5.74, 6) is -3.12. The van der Waals surface area contributed by atoms with Gasteiger partial charge in [0.25, 0.3) is 5.91 Å². The number of hydrogen-bond donors (Lipinski definition) is 3. The maximum absolute atomic E-state index is 12.5. The van der Waals surface area contributed by atoms with Gasteiger partial charge < -0.3 is 15.7 Å². The number of rotatable bonds is 7. The number of ketones is 1.